The molecule has 1 aromatic heterocycles. The Morgan fingerprint density at radius 2 is 2.00 bits per heavy atom. The minimum atomic E-state index is -0.0711. The highest BCUT2D eigenvalue weighted by molar-refractivity contribution is 7.99. The van der Waals surface area contributed by atoms with Crippen LogP contribution in [-0.2, 0) is 0 Å². The van der Waals surface area contributed by atoms with Gasteiger partial charge in [0.25, 0.3) is 5.22 Å². The van der Waals surface area contributed by atoms with Crippen LogP contribution in [0.15, 0.2) is 27.8 Å². The van der Waals surface area contributed by atoms with Crippen LogP contribution in [0.1, 0.15) is 54.3 Å². The Bertz CT molecular complexity index is 726. The molecule has 1 aromatic carbocycles. The second-order valence-electron chi connectivity index (χ2n) is 6.02. The van der Waals surface area contributed by atoms with Crippen LogP contribution in [0.4, 0.5) is 0 Å². The van der Waals surface area contributed by atoms with Crippen LogP contribution in [0.2, 0.25) is 0 Å². The number of aromatic nitrogens is 2. The summed E-state index contributed by atoms with van der Waals surface area (Å²) in [6, 6.07) is 5.17. The maximum Gasteiger partial charge on any atom is 0.277 e. The van der Waals surface area contributed by atoms with Crippen molar-refractivity contribution in [2.45, 2.75) is 43.2 Å². The van der Waals surface area contributed by atoms with Crippen molar-refractivity contribution in [3.63, 3.8) is 0 Å². The van der Waals surface area contributed by atoms with Crippen molar-refractivity contribution < 1.29 is 18.7 Å². The van der Waals surface area contributed by atoms with Gasteiger partial charge in [-0.05, 0) is 31.0 Å². The van der Waals surface area contributed by atoms with E-state index in [-0.39, 0.29) is 11.5 Å². The molecule has 134 valence electrons. The molecule has 0 saturated heterocycles. The number of benzene rings is 1. The molecule has 0 radical (unpaired) electrons. The molecule has 2 aromatic rings. The molecule has 1 saturated carbocycles. The number of ether oxygens (including phenoxy) is 2. The third kappa shape index (κ3) is 4.34. The summed E-state index contributed by atoms with van der Waals surface area (Å²) in [7, 11) is 3.11. The third-order valence-corrected chi connectivity index (χ3v) is 5.23. The molecule has 25 heavy (non-hydrogen) atoms. The first kappa shape index (κ1) is 17.8. The number of hydrogen-bond donors (Lipinski definition) is 0. The van der Waals surface area contributed by atoms with E-state index in [4.69, 9.17) is 13.9 Å². The number of nitrogens with zero attached hydrogens (tertiary/aromatic N) is 2. The van der Waals surface area contributed by atoms with Gasteiger partial charge in [0.2, 0.25) is 5.89 Å². The predicted molar refractivity (Wildman–Crippen MR) is 94.7 cm³/mol. The van der Waals surface area contributed by atoms with E-state index in [0.717, 1.165) is 12.8 Å². The zero-order chi connectivity index (χ0) is 17.6. The molecule has 3 rings (SSSR count). The van der Waals surface area contributed by atoms with Crippen LogP contribution < -0.4 is 9.47 Å². The molecule has 0 aliphatic heterocycles. The highest BCUT2D eigenvalue weighted by Crippen LogP contribution is 2.33. The minimum absolute atomic E-state index is 0.0711. The van der Waals surface area contributed by atoms with Crippen LogP contribution in [0.5, 0.6) is 11.5 Å². The van der Waals surface area contributed by atoms with Crippen LogP contribution in [0.25, 0.3) is 0 Å². The Labute approximate surface area is 151 Å². The number of ketones is 1. The molecule has 6 nitrogen and oxygen atoms in total. The number of Topliss-reactive ketones (excluding diaryl/α,β-unsaturated/α-hetero) is 1. The third-order valence-electron chi connectivity index (χ3n) is 4.41. The van der Waals surface area contributed by atoms with E-state index in [9.17, 15) is 4.79 Å². The summed E-state index contributed by atoms with van der Waals surface area (Å²) >= 11 is 1.25. The summed E-state index contributed by atoms with van der Waals surface area (Å²) in [6.07, 6.45) is 5.91. The summed E-state index contributed by atoms with van der Waals surface area (Å²) in [5, 5.41) is 8.67. The van der Waals surface area contributed by atoms with Gasteiger partial charge in [-0.2, -0.15) is 0 Å². The second kappa shape index (κ2) is 8.38. The van der Waals surface area contributed by atoms with E-state index in [0.29, 0.717) is 34.1 Å². The molecular formula is C18H22N2O4S. The SMILES string of the molecule is COc1ccc(OC)c(C(=O)CSc2nnc(C3CCCCC3)o2)c1. The van der Waals surface area contributed by atoms with Crippen LogP contribution in [0, 0.1) is 0 Å². The van der Waals surface area contributed by atoms with Gasteiger partial charge in [0.1, 0.15) is 11.5 Å². The van der Waals surface area contributed by atoms with E-state index in [2.05, 4.69) is 10.2 Å². The number of rotatable bonds is 7. The molecule has 1 fully saturated rings. The lowest BCUT2D eigenvalue weighted by molar-refractivity contribution is 0.101. The van der Waals surface area contributed by atoms with Gasteiger partial charge in [0.15, 0.2) is 5.78 Å². The summed E-state index contributed by atoms with van der Waals surface area (Å²) in [4.78, 5) is 12.5. The van der Waals surface area contributed by atoms with Crippen LogP contribution in [0.3, 0.4) is 0 Å². The van der Waals surface area contributed by atoms with Gasteiger partial charge < -0.3 is 13.9 Å². The minimum Gasteiger partial charge on any atom is -0.497 e. The topological polar surface area (TPSA) is 74.5 Å². The van der Waals surface area contributed by atoms with Crippen molar-refractivity contribution in [1.82, 2.24) is 10.2 Å². The van der Waals surface area contributed by atoms with E-state index >= 15 is 0 Å². The maximum absolute atomic E-state index is 12.5. The Kier molecular flexibility index (Phi) is 5.96. The lowest BCUT2D eigenvalue weighted by atomic mass is 9.89. The molecule has 0 unspecified atom stereocenters. The first-order valence-corrected chi connectivity index (χ1v) is 9.41. The Balaban J connectivity index is 1.63. The van der Waals surface area contributed by atoms with Crippen LogP contribution >= 0.6 is 11.8 Å². The van der Waals surface area contributed by atoms with Gasteiger partial charge in [-0.3, -0.25) is 4.79 Å². The fourth-order valence-electron chi connectivity index (χ4n) is 3.03. The van der Waals surface area contributed by atoms with Gasteiger partial charge in [0, 0.05) is 5.92 Å². The number of hydrogen-bond acceptors (Lipinski definition) is 7. The van der Waals surface area contributed by atoms with Crippen molar-refractivity contribution in [1.29, 1.82) is 0 Å². The van der Waals surface area contributed by atoms with Crippen molar-refractivity contribution in [3.05, 3.63) is 29.7 Å². The first-order chi connectivity index (χ1) is 12.2. The molecule has 0 spiro atoms. The first-order valence-electron chi connectivity index (χ1n) is 8.42. The van der Waals surface area contributed by atoms with Gasteiger partial charge in [-0.1, -0.05) is 31.0 Å². The smallest absolute Gasteiger partial charge is 0.277 e. The monoisotopic (exact) mass is 362 g/mol. The van der Waals surface area contributed by atoms with Crippen molar-refractivity contribution >= 4 is 17.5 Å². The number of carbonyl (C=O) groups is 1. The zero-order valence-electron chi connectivity index (χ0n) is 14.5. The molecule has 1 aliphatic carbocycles. The summed E-state index contributed by atoms with van der Waals surface area (Å²) in [5.41, 5.74) is 0.487. The molecule has 7 heteroatoms. The molecule has 0 atom stereocenters. The second-order valence-corrected chi connectivity index (χ2v) is 6.95. The average Bonchev–Trinajstić information content (AvgIpc) is 3.15. The molecule has 1 heterocycles. The normalized spacial score (nSPS) is 15.1. The summed E-state index contributed by atoms with van der Waals surface area (Å²) in [6.45, 7) is 0. The quantitative estimate of drug-likeness (QED) is 0.542. The van der Waals surface area contributed by atoms with E-state index in [1.54, 1.807) is 32.4 Å². The zero-order valence-corrected chi connectivity index (χ0v) is 15.3. The van der Waals surface area contributed by atoms with Crippen molar-refractivity contribution in [2.24, 2.45) is 0 Å². The predicted octanol–water partition coefficient (Wildman–Crippen LogP) is 4.11. The molecule has 0 bridgehead atoms. The Morgan fingerprint density at radius 1 is 1.20 bits per heavy atom. The summed E-state index contributed by atoms with van der Waals surface area (Å²) in [5.74, 6) is 2.35. The van der Waals surface area contributed by atoms with E-state index in [1.165, 1.54) is 31.0 Å². The number of thioether (sulfide) groups is 1. The largest absolute Gasteiger partial charge is 0.497 e. The maximum atomic E-state index is 12.5. The lowest BCUT2D eigenvalue weighted by Crippen LogP contribution is -2.05. The van der Waals surface area contributed by atoms with Gasteiger partial charge >= 0.3 is 0 Å². The Morgan fingerprint density at radius 3 is 2.72 bits per heavy atom. The van der Waals surface area contributed by atoms with Crippen LogP contribution in [-0.4, -0.2) is 36.0 Å². The van der Waals surface area contributed by atoms with Gasteiger partial charge in [-0.15, -0.1) is 10.2 Å². The lowest BCUT2D eigenvalue weighted by Gasteiger charge is -2.17. The van der Waals surface area contributed by atoms with Gasteiger partial charge in [0.05, 0.1) is 25.5 Å². The van der Waals surface area contributed by atoms with E-state index < -0.39 is 0 Å². The standard InChI is InChI=1S/C18H22N2O4S/c1-22-13-8-9-16(23-2)14(10-13)15(21)11-25-18-20-19-17(24-18)12-6-4-3-5-7-12/h8-10,12H,3-7,11H2,1-2H3. The average molecular weight is 362 g/mol. The number of carbonyl (C=O) groups excluding carboxylic acids is 1. The fourth-order valence-corrected chi connectivity index (χ4v) is 3.68. The fraction of sp³-hybridized carbons (Fsp3) is 0.500. The molecule has 0 N–H and O–H groups in total. The number of methoxy groups -OCH3 is 2. The molecular weight excluding hydrogens is 340 g/mol. The molecule has 0 amide bonds. The van der Waals surface area contributed by atoms with Gasteiger partial charge in [-0.25, -0.2) is 0 Å². The highest BCUT2D eigenvalue weighted by atomic mass is 32.2. The van der Waals surface area contributed by atoms with Crippen molar-refractivity contribution in [2.75, 3.05) is 20.0 Å². The molecule has 1 aliphatic rings. The highest BCUT2D eigenvalue weighted by Gasteiger charge is 2.22. The summed E-state index contributed by atoms with van der Waals surface area (Å²) < 4.78 is 16.2. The van der Waals surface area contributed by atoms with E-state index in [1.807, 2.05) is 0 Å². The van der Waals surface area contributed by atoms with Crippen molar-refractivity contribution in [3.8, 4) is 11.5 Å². The Hall–Kier alpha value is -2.02.